The van der Waals surface area contributed by atoms with Gasteiger partial charge in [0.15, 0.2) is 5.76 Å². The number of benzene rings is 1. The summed E-state index contributed by atoms with van der Waals surface area (Å²) in [5, 5.41) is 2.62. The maximum Gasteiger partial charge on any atom is 0.322 e. The molecule has 5 nitrogen and oxygen atoms in total. The summed E-state index contributed by atoms with van der Waals surface area (Å²) in [6.07, 6.45) is 1.67. The fourth-order valence-electron chi connectivity index (χ4n) is 2.62. The predicted molar refractivity (Wildman–Crippen MR) is 80.1 cm³/mol. The Kier molecular flexibility index (Phi) is 4.39. The summed E-state index contributed by atoms with van der Waals surface area (Å²) in [6.45, 7) is 3.83. The Morgan fingerprint density at radius 3 is 2.68 bits per heavy atom. The molecule has 3 rings (SSSR count). The van der Waals surface area contributed by atoms with Crippen LogP contribution >= 0.6 is 0 Å². The highest BCUT2D eigenvalue weighted by molar-refractivity contribution is 5.89. The van der Waals surface area contributed by atoms with Gasteiger partial charge in [0.25, 0.3) is 0 Å². The summed E-state index contributed by atoms with van der Waals surface area (Å²) >= 11 is 0. The molecule has 2 aromatic rings. The summed E-state index contributed by atoms with van der Waals surface area (Å²) < 4.78 is 18.9. The summed E-state index contributed by atoms with van der Waals surface area (Å²) in [6, 6.07) is 9.79. The molecule has 1 saturated heterocycles. The first-order chi connectivity index (χ1) is 10.7. The zero-order chi connectivity index (χ0) is 15.4. The second-order valence-corrected chi connectivity index (χ2v) is 5.40. The van der Waals surface area contributed by atoms with E-state index in [4.69, 9.17) is 4.42 Å². The van der Waals surface area contributed by atoms with E-state index in [0.717, 1.165) is 25.4 Å². The number of carbonyl (C=O) groups excluding carboxylic acids is 1. The van der Waals surface area contributed by atoms with Crippen LogP contribution in [0.3, 0.4) is 0 Å². The molecule has 0 unspecified atom stereocenters. The second kappa shape index (κ2) is 6.62. The normalized spacial score (nSPS) is 15.8. The summed E-state index contributed by atoms with van der Waals surface area (Å²) in [5.41, 5.74) is 0.220. The van der Waals surface area contributed by atoms with Crippen LogP contribution in [0.2, 0.25) is 0 Å². The number of piperazine rings is 1. The number of anilines is 1. The Bertz CT molecular complexity index is 622. The number of quaternary nitrogens is 1. The third-order valence-corrected chi connectivity index (χ3v) is 3.88. The highest BCUT2D eigenvalue weighted by Gasteiger charge is 2.24. The van der Waals surface area contributed by atoms with Crippen molar-refractivity contribution in [1.29, 1.82) is 0 Å². The molecule has 0 spiro atoms. The lowest BCUT2D eigenvalue weighted by atomic mass is 10.3. The molecule has 2 heterocycles. The lowest BCUT2D eigenvalue weighted by Crippen LogP contribution is -3.13. The van der Waals surface area contributed by atoms with Crippen LogP contribution < -0.4 is 10.2 Å². The van der Waals surface area contributed by atoms with E-state index in [2.05, 4.69) is 5.32 Å². The maximum absolute atomic E-state index is 13.5. The van der Waals surface area contributed by atoms with Gasteiger partial charge in [-0.05, 0) is 24.3 Å². The van der Waals surface area contributed by atoms with Gasteiger partial charge < -0.3 is 19.5 Å². The predicted octanol–water partition coefficient (Wildman–Crippen LogP) is 1.35. The minimum atomic E-state index is -0.419. The molecule has 0 saturated carbocycles. The van der Waals surface area contributed by atoms with Crippen molar-refractivity contribution in [3.63, 3.8) is 0 Å². The number of carbonyl (C=O) groups is 1. The highest BCUT2D eigenvalue weighted by atomic mass is 19.1. The van der Waals surface area contributed by atoms with Crippen molar-refractivity contribution < 1.29 is 18.5 Å². The minimum absolute atomic E-state index is 0.220. The molecule has 0 radical (unpaired) electrons. The van der Waals surface area contributed by atoms with Gasteiger partial charge in [-0.1, -0.05) is 12.1 Å². The number of furan rings is 1. The zero-order valence-electron chi connectivity index (χ0n) is 12.2. The van der Waals surface area contributed by atoms with Crippen LogP contribution in [-0.2, 0) is 6.54 Å². The van der Waals surface area contributed by atoms with E-state index in [-0.39, 0.29) is 11.7 Å². The highest BCUT2D eigenvalue weighted by Crippen LogP contribution is 2.13. The molecule has 0 aliphatic carbocycles. The van der Waals surface area contributed by atoms with E-state index in [1.165, 1.54) is 11.0 Å². The quantitative estimate of drug-likeness (QED) is 0.899. The minimum Gasteiger partial charge on any atom is -0.463 e. The largest absolute Gasteiger partial charge is 0.463 e. The van der Waals surface area contributed by atoms with Crippen molar-refractivity contribution in [2.75, 3.05) is 31.5 Å². The summed E-state index contributed by atoms with van der Waals surface area (Å²) in [4.78, 5) is 15.3. The van der Waals surface area contributed by atoms with Crippen LogP contribution in [0.25, 0.3) is 0 Å². The molecular weight excluding hydrogens is 285 g/mol. The monoisotopic (exact) mass is 304 g/mol. The third-order valence-electron chi connectivity index (χ3n) is 3.88. The molecule has 116 valence electrons. The molecule has 0 bridgehead atoms. The Balaban J connectivity index is 1.50. The van der Waals surface area contributed by atoms with Crippen molar-refractivity contribution in [3.8, 4) is 0 Å². The number of halogens is 1. The number of amides is 2. The SMILES string of the molecule is O=C(Nc1ccccc1F)N1CC[NH+](Cc2ccco2)CC1. The molecule has 1 aliphatic heterocycles. The molecule has 1 fully saturated rings. The molecule has 22 heavy (non-hydrogen) atoms. The van der Waals surface area contributed by atoms with E-state index in [1.807, 2.05) is 12.1 Å². The number of hydrogen-bond donors (Lipinski definition) is 2. The van der Waals surface area contributed by atoms with E-state index in [9.17, 15) is 9.18 Å². The Hall–Kier alpha value is -2.34. The number of hydrogen-bond acceptors (Lipinski definition) is 2. The number of nitrogens with zero attached hydrogens (tertiary/aromatic N) is 1. The van der Waals surface area contributed by atoms with E-state index >= 15 is 0 Å². The molecule has 1 aromatic carbocycles. The molecule has 1 aromatic heterocycles. The van der Waals surface area contributed by atoms with Crippen LogP contribution in [-0.4, -0.2) is 37.1 Å². The first kappa shape index (κ1) is 14.6. The van der Waals surface area contributed by atoms with Gasteiger partial charge in [0, 0.05) is 0 Å². The smallest absolute Gasteiger partial charge is 0.322 e. The van der Waals surface area contributed by atoms with Gasteiger partial charge in [0.2, 0.25) is 0 Å². The molecule has 0 atom stereocenters. The number of urea groups is 1. The second-order valence-electron chi connectivity index (χ2n) is 5.40. The average Bonchev–Trinajstić information content (AvgIpc) is 3.03. The third kappa shape index (κ3) is 3.46. The Morgan fingerprint density at radius 1 is 1.23 bits per heavy atom. The standard InChI is InChI=1S/C16H18FN3O2/c17-14-5-1-2-6-15(14)18-16(21)20-9-7-19(8-10-20)12-13-4-3-11-22-13/h1-6,11H,7-10,12H2,(H,18,21)/p+1. The lowest BCUT2D eigenvalue weighted by Gasteiger charge is -2.31. The molecule has 2 N–H and O–H groups in total. The van der Waals surface area contributed by atoms with Crippen molar-refractivity contribution >= 4 is 11.7 Å². The zero-order valence-corrected chi connectivity index (χ0v) is 12.2. The Morgan fingerprint density at radius 2 is 2.00 bits per heavy atom. The maximum atomic E-state index is 13.5. The summed E-state index contributed by atoms with van der Waals surface area (Å²) in [5.74, 6) is 0.539. The van der Waals surface area contributed by atoms with Gasteiger partial charge in [-0.25, -0.2) is 9.18 Å². The van der Waals surface area contributed by atoms with Crippen LogP contribution in [0.1, 0.15) is 5.76 Å². The first-order valence-corrected chi connectivity index (χ1v) is 7.39. The van der Waals surface area contributed by atoms with Crippen molar-refractivity contribution in [2.24, 2.45) is 0 Å². The van der Waals surface area contributed by atoms with Crippen LogP contribution in [0.15, 0.2) is 47.1 Å². The van der Waals surface area contributed by atoms with Gasteiger partial charge in [-0.2, -0.15) is 0 Å². The molecular formula is C16H19FN3O2+. The van der Waals surface area contributed by atoms with Gasteiger partial charge >= 0.3 is 6.03 Å². The first-order valence-electron chi connectivity index (χ1n) is 7.39. The van der Waals surface area contributed by atoms with Crippen LogP contribution in [0.5, 0.6) is 0 Å². The molecule has 1 aliphatic rings. The number of rotatable bonds is 3. The Labute approximate surface area is 128 Å². The van der Waals surface area contributed by atoms with Crippen molar-refractivity contribution in [2.45, 2.75) is 6.54 Å². The van der Waals surface area contributed by atoms with Crippen LogP contribution in [0, 0.1) is 5.82 Å². The average molecular weight is 304 g/mol. The fourth-order valence-corrected chi connectivity index (χ4v) is 2.62. The van der Waals surface area contributed by atoms with Crippen LogP contribution in [0.4, 0.5) is 14.9 Å². The lowest BCUT2D eigenvalue weighted by molar-refractivity contribution is -0.918. The van der Waals surface area contributed by atoms with Gasteiger partial charge in [-0.3, -0.25) is 0 Å². The molecule has 2 amide bonds. The number of nitrogens with one attached hydrogen (secondary N) is 2. The van der Waals surface area contributed by atoms with Gasteiger partial charge in [0.05, 0.1) is 38.1 Å². The topological polar surface area (TPSA) is 49.9 Å². The van der Waals surface area contributed by atoms with Gasteiger partial charge in [-0.15, -0.1) is 0 Å². The van der Waals surface area contributed by atoms with Gasteiger partial charge in [0.1, 0.15) is 12.4 Å². The van der Waals surface area contributed by atoms with Crippen molar-refractivity contribution in [3.05, 3.63) is 54.2 Å². The van der Waals surface area contributed by atoms with E-state index < -0.39 is 5.82 Å². The van der Waals surface area contributed by atoms with Crippen molar-refractivity contribution in [1.82, 2.24) is 4.90 Å². The number of para-hydroxylation sites is 1. The summed E-state index contributed by atoms with van der Waals surface area (Å²) in [7, 11) is 0. The van der Waals surface area contributed by atoms with E-state index in [1.54, 1.807) is 29.4 Å². The molecule has 6 heteroatoms. The fraction of sp³-hybridized carbons (Fsp3) is 0.312. The van der Waals surface area contributed by atoms with E-state index in [0.29, 0.717) is 13.1 Å².